The zero-order chi connectivity index (χ0) is 5.86. The van der Waals surface area contributed by atoms with Gasteiger partial charge in [-0.05, 0) is 25.7 Å². The summed E-state index contributed by atoms with van der Waals surface area (Å²) in [5.41, 5.74) is 6.66. The molecular formula is C5H11NS. The van der Waals surface area contributed by atoms with E-state index < -0.39 is 0 Å². The van der Waals surface area contributed by atoms with Crippen LogP contribution in [0.1, 0.15) is 13.8 Å². The van der Waals surface area contributed by atoms with E-state index in [1.807, 2.05) is 20.1 Å². The van der Waals surface area contributed by atoms with Crippen LogP contribution in [0.3, 0.4) is 0 Å². The van der Waals surface area contributed by atoms with Crippen molar-refractivity contribution < 1.29 is 0 Å². The molecule has 0 amide bonds. The Kier molecular flexibility index (Phi) is 2.92. The zero-order valence-corrected chi connectivity index (χ0v) is 5.80. The van der Waals surface area contributed by atoms with Gasteiger partial charge in [0.15, 0.2) is 0 Å². The molecule has 0 aromatic carbocycles. The predicted octanol–water partition coefficient (Wildman–Crippen LogP) is 1.56. The van der Waals surface area contributed by atoms with Gasteiger partial charge in [0, 0.05) is 0 Å². The number of rotatable bonds is 1. The lowest BCUT2D eigenvalue weighted by molar-refractivity contribution is 1.31. The van der Waals surface area contributed by atoms with Gasteiger partial charge in [-0.3, -0.25) is 0 Å². The van der Waals surface area contributed by atoms with E-state index in [1.54, 1.807) is 11.8 Å². The van der Waals surface area contributed by atoms with E-state index in [0.29, 0.717) is 0 Å². The Labute approximate surface area is 49.0 Å². The first-order chi connectivity index (χ1) is 3.18. The van der Waals surface area contributed by atoms with Crippen molar-refractivity contribution >= 4 is 11.8 Å². The van der Waals surface area contributed by atoms with E-state index in [0.717, 1.165) is 5.03 Å². The van der Waals surface area contributed by atoms with Gasteiger partial charge in [0.2, 0.25) is 0 Å². The van der Waals surface area contributed by atoms with Gasteiger partial charge < -0.3 is 5.73 Å². The van der Waals surface area contributed by atoms with Crippen molar-refractivity contribution in [1.29, 1.82) is 0 Å². The Bertz CT molecular complexity index is 82.1. The van der Waals surface area contributed by atoms with E-state index >= 15 is 0 Å². The predicted molar refractivity (Wildman–Crippen MR) is 36.1 cm³/mol. The Hall–Kier alpha value is -0.110. The first-order valence-corrected chi connectivity index (χ1v) is 3.38. The third kappa shape index (κ3) is 2.57. The van der Waals surface area contributed by atoms with Crippen molar-refractivity contribution in [2.24, 2.45) is 5.73 Å². The number of hydrogen-bond acceptors (Lipinski definition) is 2. The smallest absolute Gasteiger partial charge is 0.0638 e. The van der Waals surface area contributed by atoms with Crippen molar-refractivity contribution in [3.63, 3.8) is 0 Å². The molecule has 0 bridgehead atoms. The number of hydrogen-bond donors (Lipinski definition) is 1. The van der Waals surface area contributed by atoms with Gasteiger partial charge in [-0.15, -0.1) is 11.8 Å². The van der Waals surface area contributed by atoms with Crippen LogP contribution < -0.4 is 5.73 Å². The molecule has 0 spiro atoms. The quantitative estimate of drug-likeness (QED) is 0.564. The monoisotopic (exact) mass is 117 g/mol. The lowest BCUT2D eigenvalue weighted by Crippen LogP contribution is -1.92. The SMILES string of the molecule is CSC(N)=C(C)C. The van der Waals surface area contributed by atoms with E-state index in [1.165, 1.54) is 5.57 Å². The molecule has 0 aliphatic heterocycles. The van der Waals surface area contributed by atoms with E-state index in [2.05, 4.69) is 0 Å². The first kappa shape index (κ1) is 6.89. The first-order valence-electron chi connectivity index (χ1n) is 2.15. The normalized spacial score (nSPS) is 8.43. The molecule has 0 fully saturated rings. The maximum atomic E-state index is 5.46. The van der Waals surface area contributed by atoms with Gasteiger partial charge >= 0.3 is 0 Å². The Morgan fingerprint density at radius 2 is 1.86 bits per heavy atom. The van der Waals surface area contributed by atoms with Crippen LogP contribution in [0.15, 0.2) is 10.6 Å². The molecule has 2 heteroatoms. The topological polar surface area (TPSA) is 26.0 Å². The van der Waals surface area contributed by atoms with Crippen LogP contribution in [0.25, 0.3) is 0 Å². The van der Waals surface area contributed by atoms with Gasteiger partial charge in [-0.25, -0.2) is 0 Å². The fraction of sp³-hybridized carbons (Fsp3) is 0.600. The molecule has 2 N–H and O–H groups in total. The second-order valence-electron chi connectivity index (χ2n) is 1.57. The molecule has 0 saturated carbocycles. The van der Waals surface area contributed by atoms with Gasteiger partial charge in [0.1, 0.15) is 0 Å². The molecule has 0 aromatic heterocycles. The summed E-state index contributed by atoms with van der Waals surface area (Å²) in [4.78, 5) is 0. The molecule has 0 heterocycles. The highest BCUT2D eigenvalue weighted by atomic mass is 32.2. The molecule has 0 rings (SSSR count). The van der Waals surface area contributed by atoms with Crippen LogP contribution >= 0.6 is 11.8 Å². The summed E-state index contributed by atoms with van der Waals surface area (Å²) in [7, 11) is 0. The van der Waals surface area contributed by atoms with Crippen LogP contribution in [-0.2, 0) is 0 Å². The summed E-state index contributed by atoms with van der Waals surface area (Å²) in [6, 6.07) is 0. The van der Waals surface area contributed by atoms with Crippen molar-refractivity contribution in [3.8, 4) is 0 Å². The van der Waals surface area contributed by atoms with Crippen LogP contribution in [0, 0.1) is 0 Å². The second-order valence-corrected chi connectivity index (χ2v) is 2.42. The molecule has 7 heavy (non-hydrogen) atoms. The molecule has 42 valence electrons. The van der Waals surface area contributed by atoms with Crippen LogP contribution in [0.4, 0.5) is 0 Å². The average Bonchev–Trinajstić information content (AvgIpc) is 1.65. The summed E-state index contributed by atoms with van der Waals surface area (Å²) in [5, 5.41) is 0.931. The lowest BCUT2D eigenvalue weighted by atomic mass is 10.4. The standard InChI is InChI=1S/C5H11NS/c1-4(2)5(6)7-3/h6H2,1-3H3. The molecule has 1 nitrogen and oxygen atoms in total. The Morgan fingerprint density at radius 3 is 1.86 bits per heavy atom. The van der Waals surface area contributed by atoms with Gasteiger partial charge in [-0.1, -0.05) is 0 Å². The molecule has 0 aromatic rings. The maximum absolute atomic E-state index is 5.46. The summed E-state index contributed by atoms with van der Waals surface area (Å²) in [6.45, 7) is 4.01. The highest BCUT2D eigenvalue weighted by Crippen LogP contribution is 2.07. The number of allylic oxidation sites excluding steroid dienone is 1. The highest BCUT2D eigenvalue weighted by molar-refractivity contribution is 8.02. The van der Waals surface area contributed by atoms with Crippen molar-refractivity contribution in [3.05, 3.63) is 10.6 Å². The maximum Gasteiger partial charge on any atom is 0.0638 e. The molecule has 0 saturated heterocycles. The van der Waals surface area contributed by atoms with Gasteiger partial charge in [0.25, 0.3) is 0 Å². The van der Waals surface area contributed by atoms with E-state index in [-0.39, 0.29) is 0 Å². The Morgan fingerprint density at radius 1 is 1.43 bits per heavy atom. The van der Waals surface area contributed by atoms with E-state index in [4.69, 9.17) is 5.73 Å². The Balaban J connectivity index is 3.72. The minimum absolute atomic E-state index is 0.931. The molecule has 0 aliphatic carbocycles. The average molecular weight is 117 g/mol. The lowest BCUT2D eigenvalue weighted by Gasteiger charge is -1.94. The highest BCUT2D eigenvalue weighted by Gasteiger charge is 1.84. The summed E-state index contributed by atoms with van der Waals surface area (Å²) >= 11 is 1.59. The molecule has 0 radical (unpaired) electrons. The van der Waals surface area contributed by atoms with Gasteiger partial charge in [0.05, 0.1) is 5.03 Å². The number of thioether (sulfide) groups is 1. The largest absolute Gasteiger partial charge is 0.394 e. The second kappa shape index (κ2) is 2.97. The summed E-state index contributed by atoms with van der Waals surface area (Å²) < 4.78 is 0. The van der Waals surface area contributed by atoms with Crippen molar-refractivity contribution in [1.82, 2.24) is 0 Å². The van der Waals surface area contributed by atoms with Crippen molar-refractivity contribution in [2.75, 3.05) is 6.26 Å². The molecule has 0 aliphatic rings. The summed E-state index contributed by atoms with van der Waals surface area (Å²) in [6.07, 6.45) is 1.97. The zero-order valence-electron chi connectivity index (χ0n) is 4.99. The van der Waals surface area contributed by atoms with Crippen LogP contribution in [-0.4, -0.2) is 6.26 Å². The number of nitrogens with two attached hydrogens (primary N) is 1. The minimum atomic E-state index is 0.931. The van der Waals surface area contributed by atoms with Crippen LogP contribution in [0.5, 0.6) is 0 Å². The molecule has 0 unspecified atom stereocenters. The summed E-state index contributed by atoms with van der Waals surface area (Å²) in [5.74, 6) is 0. The van der Waals surface area contributed by atoms with Crippen molar-refractivity contribution in [2.45, 2.75) is 13.8 Å². The fourth-order valence-electron chi connectivity index (χ4n) is 0.204. The van der Waals surface area contributed by atoms with Crippen LogP contribution in [0.2, 0.25) is 0 Å². The molecule has 0 atom stereocenters. The third-order valence-electron chi connectivity index (χ3n) is 0.713. The van der Waals surface area contributed by atoms with Gasteiger partial charge in [-0.2, -0.15) is 0 Å². The third-order valence-corrected chi connectivity index (χ3v) is 1.56. The fourth-order valence-corrected chi connectivity index (χ4v) is 0.612. The van der Waals surface area contributed by atoms with E-state index in [9.17, 15) is 0 Å². The molecular weight excluding hydrogens is 106 g/mol. The minimum Gasteiger partial charge on any atom is -0.394 e.